The summed E-state index contributed by atoms with van der Waals surface area (Å²) in [6, 6.07) is 0. The molecule has 7 heteroatoms. The van der Waals surface area contributed by atoms with Crippen LogP contribution in [-0.2, 0) is 4.79 Å². The predicted molar refractivity (Wildman–Crippen MR) is 72.9 cm³/mol. The lowest BCUT2D eigenvalue weighted by Gasteiger charge is -2.17. The largest absolute Gasteiger partial charge is 0.480 e. The summed E-state index contributed by atoms with van der Waals surface area (Å²) in [7, 11) is 3.29. The van der Waals surface area contributed by atoms with Crippen LogP contribution in [0.5, 0.6) is 5.88 Å². The number of amides is 1. The summed E-state index contributed by atoms with van der Waals surface area (Å²) < 4.78 is 5.76. The van der Waals surface area contributed by atoms with Crippen LogP contribution in [0.3, 0.4) is 0 Å². The second-order valence-electron chi connectivity index (χ2n) is 3.73. The molecule has 18 heavy (non-hydrogen) atoms. The molecule has 0 radical (unpaired) electrons. The lowest BCUT2D eigenvalue weighted by atomic mass is 10.4. The second kappa shape index (κ2) is 7.15. The number of carbonyl (C=O) groups excluding carboxylic acids is 1. The molecule has 0 aliphatic heterocycles. The molecule has 1 N–H and O–H groups in total. The van der Waals surface area contributed by atoms with Crippen LogP contribution < -0.4 is 15.0 Å². The van der Waals surface area contributed by atoms with Gasteiger partial charge in [-0.1, -0.05) is 6.92 Å². The van der Waals surface area contributed by atoms with Crippen molar-refractivity contribution in [2.45, 2.75) is 13.3 Å². The predicted octanol–water partition coefficient (Wildman–Crippen LogP) is 1.21. The van der Waals surface area contributed by atoms with Crippen molar-refractivity contribution in [3.63, 3.8) is 0 Å². The van der Waals surface area contributed by atoms with E-state index in [4.69, 9.17) is 4.74 Å². The van der Waals surface area contributed by atoms with Crippen molar-refractivity contribution < 1.29 is 9.53 Å². The van der Waals surface area contributed by atoms with Crippen molar-refractivity contribution >= 4 is 27.8 Å². The molecule has 0 aromatic carbocycles. The van der Waals surface area contributed by atoms with Gasteiger partial charge in [-0.3, -0.25) is 4.79 Å². The molecular weight excluding hydrogens is 300 g/mol. The lowest BCUT2D eigenvalue weighted by molar-refractivity contribution is -0.119. The number of halogens is 1. The average Bonchev–Trinajstić information content (AvgIpc) is 2.36. The Hall–Kier alpha value is -1.37. The van der Waals surface area contributed by atoms with Crippen molar-refractivity contribution in [2.75, 3.05) is 32.1 Å². The van der Waals surface area contributed by atoms with E-state index in [-0.39, 0.29) is 12.5 Å². The quantitative estimate of drug-likeness (QED) is 0.854. The molecular formula is C11H17BrN4O2. The van der Waals surface area contributed by atoms with E-state index in [2.05, 4.69) is 31.2 Å². The van der Waals surface area contributed by atoms with E-state index >= 15 is 0 Å². The first-order valence-corrected chi connectivity index (χ1v) is 6.42. The normalized spacial score (nSPS) is 10.0. The summed E-state index contributed by atoms with van der Waals surface area (Å²) in [6.45, 7) is 2.90. The molecule has 1 heterocycles. The molecule has 1 amide bonds. The average molecular weight is 317 g/mol. The summed E-state index contributed by atoms with van der Waals surface area (Å²) >= 11 is 3.28. The summed E-state index contributed by atoms with van der Waals surface area (Å²) in [5, 5.41) is 2.80. The van der Waals surface area contributed by atoms with E-state index in [1.165, 1.54) is 7.11 Å². The zero-order chi connectivity index (χ0) is 13.5. The summed E-state index contributed by atoms with van der Waals surface area (Å²) in [4.78, 5) is 21.5. The van der Waals surface area contributed by atoms with E-state index in [0.29, 0.717) is 22.8 Å². The topological polar surface area (TPSA) is 67.4 Å². The van der Waals surface area contributed by atoms with Gasteiger partial charge in [0.05, 0.1) is 24.3 Å². The fraction of sp³-hybridized carbons (Fsp3) is 0.545. The summed E-state index contributed by atoms with van der Waals surface area (Å²) in [5.41, 5.74) is 0. The maximum atomic E-state index is 11.6. The van der Waals surface area contributed by atoms with Crippen molar-refractivity contribution in [1.29, 1.82) is 0 Å². The maximum absolute atomic E-state index is 11.6. The first-order valence-electron chi connectivity index (χ1n) is 5.62. The van der Waals surface area contributed by atoms with Gasteiger partial charge in [-0.25, -0.2) is 4.98 Å². The van der Waals surface area contributed by atoms with Crippen LogP contribution in [0.1, 0.15) is 13.3 Å². The highest BCUT2D eigenvalue weighted by Gasteiger charge is 2.12. The van der Waals surface area contributed by atoms with Gasteiger partial charge in [-0.2, -0.15) is 4.98 Å². The number of hydrogen-bond acceptors (Lipinski definition) is 5. The fourth-order valence-electron chi connectivity index (χ4n) is 1.28. The van der Waals surface area contributed by atoms with Crippen LogP contribution in [0.2, 0.25) is 0 Å². The van der Waals surface area contributed by atoms with Gasteiger partial charge in [0.25, 0.3) is 0 Å². The molecule has 6 nitrogen and oxygen atoms in total. The molecule has 1 rings (SSSR count). The molecule has 0 unspecified atom stereocenters. The first-order chi connectivity index (χ1) is 8.58. The van der Waals surface area contributed by atoms with E-state index in [1.807, 2.05) is 6.92 Å². The fourth-order valence-corrected chi connectivity index (χ4v) is 1.63. The Morgan fingerprint density at radius 2 is 2.33 bits per heavy atom. The van der Waals surface area contributed by atoms with Crippen LogP contribution >= 0.6 is 15.9 Å². The monoisotopic (exact) mass is 316 g/mol. The molecule has 0 atom stereocenters. The van der Waals surface area contributed by atoms with Crippen LogP contribution in [-0.4, -0.2) is 43.1 Å². The molecule has 0 saturated carbocycles. The zero-order valence-electron chi connectivity index (χ0n) is 10.7. The first kappa shape index (κ1) is 14.7. The Morgan fingerprint density at radius 1 is 1.61 bits per heavy atom. The van der Waals surface area contributed by atoms with Crippen LogP contribution in [0.25, 0.3) is 0 Å². The molecule has 0 fully saturated rings. The summed E-state index contributed by atoms with van der Waals surface area (Å²) in [6.07, 6.45) is 2.51. The van der Waals surface area contributed by atoms with Gasteiger partial charge in [-0.05, 0) is 22.4 Å². The van der Waals surface area contributed by atoms with E-state index in [1.54, 1.807) is 18.1 Å². The number of anilines is 1. The molecule has 0 saturated heterocycles. The van der Waals surface area contributed by atoms with Gasteiger partial charge < -0.3 is 15.0 Å². The smallest absolute Gasteiger partial charge is 0.239 e. The highest BCUT2D eigenvalue weighted by atomic mass is 79.9. The number of carbonyl (C=O) groups is 1. The molecule has 1 aromatic heterocycles. The number of ether oxygens (including phenoxy) is 1. The number of aromatic nitrogens is 2. The van der Waals surface area contributed by atoms with Crippen molar-refractivity contribution in [1.82, 2.24) is 15.3 Å². The number of likely N-dealkylation sites (N-methyl/N-ethyl adjacent to an activating group) is 1. The van der Waals surface area contributed by atoms with Gasteiger partial charge in [-0.15, -0.1) is 0 Å². The second-order valence-corrected chi connectivity index (χ2v) is 4.59. The molecule has 1 aromatic rings. The zero-order valence-corrected chi connectivity index (χ0v) is 12.3. The number of nitrogens with one attached hydrogen (secondary N) is 1. The highest BCUT2D eigenvalue weighted by Crippen LogP contribution is 2.22. The minimum atomic E-state index is -0.0511. The molecule has 0 aliphatic carbocycles. The Morgan fingerprint density at radius 3 is 2.94 bits per heavy atom. The molecule has 0 bridgehead atoms. The standard InChI is InChI=1S/C11H17BrN4O2/c1-4-5-13-9(17)7-16(2)11-14-6-8(12)10(15-11)18-3/h6H,4-5,7H2,1-3H3,(H,13,17). The third kappa shape index (κ3) is 4.14. The Kier molecular flexibility index (Phi) is 5.84. The Balaban J connectivity index is 2.66. The van der Waals surface area contributed by atoms with Gasteiger partial charge in [0.1, 0.15) is 0 Å². The highest BCUT2D eigenvalue weighted by molar-refractivity contribution is 9.10. The Labute approximate surface area is 115 Å². The van der Waals surface area contributed by atoms with Gasteiger partial charge >= 0.3 is 0 Å². The number of methoxy groups -OCH3 is 1. The number of hydrogen-bond donors (Lipinski definition) is 1. The third-order valence-electron chi connectivity index (χ3n) is 2.19. The van der Waals surface area contributed by atoms with E-state index in [0.717, 1.165) is 6.42 Å². The van der Waals surface area contributed by atoms with Crippen LogP contribution in [0.4, 0.5) is 5.95 Å². The number of rotatable bonds is 6. The molecule has 100 valence electrons. The minimum Gasteiger partial charge on any atom is -0.480 e. The summed E-state index contributed by atoms with van der Waals surface area (Å²) in [5.74, 6) is 0.840. The van der Waals surface area contributed by atoms with Crippen molar-refractivity contribution in [3.8, 4) is 5.88 Å². The lowest BCUT2D eigenvalue weighted by Crippen LogP contribution is -2.36. The molecule has 0 spiro atoms. The Bertz CT molecular complexity index is 414. The van der Waals surface area contributed by atoms with Crippen molar-refractivity contribution in [3.05, 3.63) is 10.7 Å². The molecule has 0 aliphatic rings. The minimum absolute atomic E-state index is 0.0511. The van der Waals surface area contributed by atoms with Crippen LogP contribution in [0, 0.1) is 0 Å². The van der Waals surface area contributed by atoms with E-state index < -0.39 is 0 Å². The van der Waals surface area contributed by atoms with Gasteiger partial charge in [0.15, 0.2) is 0 Å². The third-order valence-corrected chi connectivity index (χ3v) is 2.73. The SMILES string of the molecule is CCCNC(=O)CN(C)c1ncc(Br)c(OC)n1. The number of nitrogens with zero attached hydrogens (tertiary/aromatic N) is 3. The van der Waals surface area contributed by atoms with E-state index in [9.17, 15) is 4.79 Å². The van der Waals surface area contributed by atoms with Crippen LogP contribution in [0.15, 0.2) is 10.7 Å². The van der Waals surface area contributed by atoms with Crippen molar-refractivity contribution in [2.24, 2.45) is 0 Å². The maximum Gasteiger partial charge on any atom is 0.239 e. The van der Waals surface area contributed by atoms with Gasteiger partial charge in [0, 0.05) is 13.6 Å². The van der Waals surface area contributed by atoms with Gasteiger partial charge in [0.2, 0.25) is 17.7 Å².